The van der Waals surface area contributed by atoms with Crippen molar-refractivity contribution in [3.05, 3.63) is 56.2 Å². The standard InChI is InChI=1S/C14H16BrNS/c1-10-5-3-4-6-13(10)11(2)16-9-12-7-8-14(15)17-12/h3-8,11,16H,9H2,1-2H3/t11-/m0/s1. The molecule has 0 fully saturated rings. The first kappa shape index (κ1) is 12.8. The topological polar surface area (TPSA) is 12.0 Å². The maximum Gasteiger partial charge on any atom is 0.0701 e. The normalized spacial score (nSPS) is 12.6. The predicted molar refractivity (Wildman–Crippen MR) is 78.5 cm³/mol. The van der Waals surface area contributed by atoms with E-state index in [9.17, 15) is 0 Å². The summed E-state index contributed by atoms with van der Waals surface area (Å²) in [6.07, 6.45) is 0. The lowest BCUT2D eigenvalue weighted by atomic mass is 10.0. The SMILES string of the molecule is Cc1ccccc1[C@H](C)NCc1ccc(Br)s1. The number of hydrogen-bond acceptors (Lipinski definition) is 2. The van der Waals surface area contributed by atoms with Gasteiger partial charge in [-0.25, -0.2) is 0 Å². The molecule has 0 aliphatic heterocycles. The van der Waals surface area contributed by atoms with Crippen LogP contribution in [0.2, 0.25) is 0 Å². The van der Waals surface area contributed by atoms with Crippen LogP contribution in [0.15, 0.2) is 40.2 Å². The van der Waals surface area contributed by atoms with E-state index in [-0.39, 0.29) is 0 Å². The van der Waals surface area contributed by atoms with Crippen LogP contribution in [0.5, 0.6) is 0 Å². The van der Waals surface area contributed by atoms with Gasteiger partial charge < -0.3 is 5.32 Å². The van der Waals surface area contributed by atoms with E-state index in [0.29, 0.717) is 6.04 Å². The van der Waals surface area contributed by atoms with Crippen molar-refractivity contribution >= 4 is 27.3 Å². The van der Waals surface area contributed by atoms with Crippen molar-refractivity contribution in [2.24, 2.45) is 0 Å². The average molecular weight is 310 g/mol. The summed E-state index contributed by atoms with van der Waals surface area (Å²) in [5.74, 6) is 0. The van der Waals surface area contributed by atoms with Gasteiger partial charge in [-0.3, -0.25) is 0 Å². The minimum atomic E-state index is 0.386. The number of benzene rings is 1. The first-order valence-corrected chi connectivity index (χ1v) is 7.31. The Morgan fingerprint density at radius 2 is 2.00 bits per heavy atom. The summed E-state index contributed by atoms with van der Waals surface area (Å²) in [7, 11) is 0. The van der Waals surface area contributed by atoms with Crippen molar-refractivity contribution in [3.8, 4) is 0 Å². The van der Waals surface area contributed by atoms with Crippen LogP contribution >= 0.6 is 27.3 Å². The van der Waals surface area contributed by atoms with E-state index in [2.05, 4.69) is 71.5 Å². The van der Waals surface area contributed by atoms with E-state index in [1.54, 1.807) is 11.3 Å². The van der Waals surface area contributed by atoms with Crippen LogP contribution in [0.25, 0.3) is 0 Å². The van der Waals surface area contributed by atoms with Crippen molar-refractivity contribution in [1.82, 2.24) is 5.32 Å². The number of hydrogen-bond donors (Lipinski definition) is 1. The molecular weight excluding hydrogens is 294 g/mol. The van der Waals surface area contributed by atoms with E-state index in [0.717, 1.165) is 6.54 Å². The molecule has 1 aromatic heterocycles. The monoisotopic (exact) mass is 309 g/mol. The zero-order valence-corrected chi connectivity index (χ0v) is 12.4. The maximum absolute atomic E-state index is 3.56. The number of rotatable bonds is 4. The Balaban J connectivity index is 1.98. The molecule has 1 nitrogen and oxygen atoms in total. The smallest absolute Gasteiger partial charge is 0.0701 e. The summed E-state index contributed by atoms with van der Waals surface area (Å²) in [5.41, 5.74) is 2.72. The Kier molecular flexibility index (Phi) is 4.37. The molecule has 3 heteroatoms. The zero-order chi connectivity index (χ0) is 12.3. The molecule has 0 radical (unpaired) electrons. The Labute approximate surface area is 115 Å². The minimum absolute atomic E-state index is 0.386. The van der Waals surface area contributed by atoms with Gasteiger partial charge >= 0.3 is 0 Å². The molecule has 0 unspecified atom stereocenters. The fourth-order valence-corrected chi connectivity index (χ4v) is 3.32. The molecule has 1 atom stereocenters. The molecule has 1 N–H and O–H groups in total. The van der Waals surface area contributed by atoms with E-state index < -0.39 is 0 Å². The molecule has 1 aromatic carbocycles. The Bertz CT molecular complexity index is 492. The third-order valence-electron chi connectivity index (χ3n) is 2.87. The third kappa shape index (κ3) is 3.41. The highest BCUT2D eigenvalue weighted by molar-refractivity contribution is 9.11. The third-order valence-corrected chi connectivity index (χ3v) is 4.49. The van der Waals surface area contributed by atoms with Crippen molar-refractivity contribution < 1.29 is 0 Å². The van der Waals surface area contributed by atoms with Crippen LogP contribution in [-0.4, -0.2) is 0 Å². The van der Waals surface area contributed by atoms with Gasteiger partial charge in [-0.05, 0) is 53.0 Å². The molecule has 0 aliphatic rings. The molecule has 0 amide bonds. The number of nitrogens with one attached hydrogen (secondary N) is 1. The Morgan fingerprint density at radius 3 is 2.65 bits per heavy atom. The maximum atomic E-state index is 3.56. The minimum Gasteiger partial charge on any atom is -0.305 e. The first-order valence-electron chi connectivity index (χ1n) is 5.70. The molecule has 0 aliphatic carbocycles. The van der Waals surface area contributed by atoms with Crippen LogP contribution in [-0.2, 0) is 6.54 Å². The van der Waals surface area contributed by atoms with Gasteiger partial charge in [-0.15, -0.1) is 11.3 Å². The van der Waals surface area contributed by atoms with Crippen molar-refractivity contribution in [2.45, 2.75) is 26.4 Å². The summed E-state index contributed by atoms with van der Waals surface area (Å²) >= 11 is 5.27. The Hall–Kier alpha value is -0.640. The molecular formula is C14H16BrNS. The average Bonchev–Trinajstić information content (AvgIpc) is 2.73. The van der Waals surface area contributed by atoms with Crippen LogP contribution in [0, 0.1) is 6.92 Å². The fourth-order valence-electron chi connectivity index (χ4n) is 1.88. The van der Waals surface area contributed by atoms with Crippen LogP contribution < -0.4 is 5.32 Å². The van der Waals surface area contributed by atoms with Gasteiger partial charge in [-0.1, -0.05) is 24.3 Å². The molecule has 2 rings (SSSR count). The lowest BCUT2D eigenvalue weighted by Crippen LogP contribution is -2.18. The van der Waals surface area contributed by atoms with E-state index >= 15 is 0 Å². The highest BCUT2D eigenvalue weighted by atomic mass is 79.9. The summed E-state index contributed by atoms with van der Waals surface area (Å²) in [5, 5.41) is 3.56. The summed E-state index contributed by atoms with van der Waals surface area (Å²) < 4.78 is 1.19. The molecule has 90 valence electrons. The molecule has 0 bridgehead atoms. The van der Waals surface area contributed by atoms with E-state index in [1.165, 1.54) is 19.8 Å². The van der Waals surface area contributed by atoms with Gasteiger partial charge in [0.15, 0.2) is 0 Å². The van der Waals surface area contributed by atoms with Gasteiger partial charge in [-0.2, -0.15) is 0 Å². The van der Waals surface area contributed by atoms with Crippen molar-refractivity contribution in [1.29, 1.82) is 0 Å². The van der Waals surface area contributed by atoms with Crippen molar-refractivity contribution in [3.63, 3.8) is 0 Å². The Morgan fingerprint density at radius 1 is 1.24 bits per heavy atom. The highest BCUT2D eigenvalue weighted by Crippen LogP contribution is 2.23. The van der Waals surface area contributed by atoms with Gasteiger partial charge in [0.05, 0.1) is 3.79 Å². The van der Waals surface area contributed by atoms with Gasteiger partial charge in [0.25, 0.3) is 0 Å². The molecule has 17 heavy (non-hydrogen) atoms. The van der Waals surface area contributed by atoms with Crippen LogP contribution in [0.3, 0.4) is 0 Å². The van der Waals surface area contributed by atoms with E-state index in [1.807, 2.05) is 0 Å². The molecule has 1 heterocycles. The highest BCUT2D eigenvalue weighted by Gasteiger charge is 2.07. The molecule has 2 aromatic rings. The second-order valence-corrected chi connectivity index (χ2v) is 6.71. The van der Waals surface area contributed by atoms with Gasteiger partial charge in [0.2, 0.25) is 0 Å². The summed E-state index contributed by atoms with van der Waals surface area (Å²) in [4.78, 5) is 1.36. The van der Waals surface area contributed by atoms with Crippen LogP contribution in [0.4, 0.5) is 0 Å². The number of thiophene rings is 1. The summed E-state index contributed by atoms with van der Waals surface area (Å²) in [6, 6.07) is 13.2. The first-order chi connectivity index (χ1) is 8.16. The lowest BCUT2D eigenvalue weighted by molar-refractivity contribution is 0.576. The molecule has 0 saturated carbocycles. The second kappa shape index (κ2) is 5.80. The number of halogens is 1. The largest absolute Gasteiger partial charge is 0.305 e. The summed E-state index contributed by atoms with van der Waals surface area (Å²) in [6.45, 7) is 5.30. The fraction of sp³-hybridized carbons (Fsp3) is 0.286. The van der Waals surface area contributed by atoms with Crippen molar-refractivity contribution in [2.75, 3.05) is 0 Å². The number of aryl methyl sites for hydroxylation is 1. The van der Waals surface area contributed by atoms with Gasteiger partial charge in [0, 0.05) is 17.5 Å². The molecule has 0 saturated heterocycles. The van der Waals surface area contributed by atoms with Gasteiger partial charge in [0.1, 0.15) is 0 Å². The van der Waals surface area contributed by atoms with E-state index in [4.69, 9.17) is 0 Å². The van der Waals surface area contributed by atoms with Crippen LogP contribution in [0.1, 0.15) is 29.0 Å². The quantitative estimate of drug-likeness (QED) is 0.865. The molecule has 0 spiro atoms. The second-order valence-electron chi connectivity index (χ2n) is 4.16. The lowest BCUT2D eigenvalue weighted by Gasteiger charge is -2.15. The zero-order valence-electron chi connectivity index (χ0n) is 10.0. The predicted octanol–water partition coefficient (Wildman–Crippen LogP) is 4.67.